The first-order valence-corrected chi connectivity index (χ1v) is 11.2. The Hall–Kier alpha value is -1.93. The van der Waals surface area contributed by atoms with Gasteiger partial charge in [0.05, 0.1) is 18.3 Å². The molecule has 0 unspecified atom stereocenters. The number of aromatic nitrogens is 2. The van der Waals surface area contributed by atoms with Crippen LogP contribution in [0.15, 0.2) is 4.42 Å². The van der Waals surface area contributed by atoms with Crippen molar-refractivity contribution in [2.45, 2.75) is 100 Å². The molecule has 3 saturated carbocycles. The third-order valence-corrected chi connectivity index (χ3v) is 6.44. The number of carbonyl (C=O) groups excluding carboxylic acids is 1. The van der Waals surface area contributed by atoms with Gasteiger partial charge >= 0.3 is 12.7 Å². The Morgan fingerprint density at radius 3 is 1.91 bits per heavy atom. The molecule has 1 N–H and O–H groups in total. The topological polar surface area (TPSA) is 95.7 Å². The smallest absolute Gasteiger partial charge is 0.425 e. The van der Waals surface area contributed by atoms with E-state index in [4.69, 9.17) is 9.15 Å². The van der Waals surface area contributed by atoms with Gasteiger partial charge in [-0.25, -0.2) is 0 Å². The van der Waals surface area contributed by atoms with E-state index in [2.05, 4.69) is 25.0 Å². The van der Waals surface area contributed by atoms with Gasteiger partial charge in [0, 0.05) is 30.7 Å². The fourth-order valence-electron chi connectivity index (χ4n) is 4.52. The van der Waals surface area contributed by atoms with Gasteiger partial charge < -0.3 is 14.5 Å². The fraction of sp³-hybridized carbons (Fsp3) is 0.850. The van der Waals surface area contributed by atoms with Crippen LogP contribution in [0.2, 0.25) is 0 Å². The average molecular weight is 501 g/mol. The maximum Gasteiger partial charge on any atom is 0.522 e. The quantitative estimate of drug-likeness (QED) is 0.537. The van der Waals surface area contributed by atoms with Gasteiger partial charge in [-0.2, -0.15) is 0 Å². The summed E-state index contributed by atoms with van der Waals surface area (Å²) in [5.41, 5.74) is 0. The van der Waals surface area contributed by atoms with Gasteiger partial charge in [0.1, 0.15) is 6.61 Å². The Balaban J connectivity index is 1.11. The zero-order chi connectivity index (χ0) is 24.5. The molecule has 1 aromatic rings. The van der Waals surface area contributed by atoms with Crippen molar-refractivity contribution in [3.8, 4) is 0 Å². The predicted molar refractivity (Wildman–Crippen MR) is 100 cm³/mol. The highest BCUT2D eigenvalue weighted by molar-refractivity contribution is 5.77. The molecule has 0 aromatic carbocycles. The molecular formula is C20H25F6N3O5. The molecule has 3 aliphatic carbocycles. The van der Waals surface area contributed by atoms with Crippen molar-refractivity contribution in [1.82, 2.24) is 15.5 Å². The van der Waals surface area contributed by atoms with Gasteiger partial charge in [-0.05, 0) is 38.5 Å². The first-order valence-electron chi connectivity index (χ1n) is 11.2. The van der Waals surface area contributed by atoms with Crippen LogP contribution >= 0.6 is 0 Å². The summed E-state index contributed by atoms with van der Waals surface area (Å²) in [4.78, 5) is 12.1. The number of nitrogens with zero attached hydrogens (tertiary/aromatic N) is 2. The van der Waals surface area contributed by atoms with Crippen LogP contribution in [-0.4, -0.2) is 59.8 Å². The van der Waals surface area contributed by atoms with E-state index in [1.165, 1.54) is 0 Å². The van der Waals surface area contributed by atoms with Gasteiger partial charge in [0.25, 0.3) is 0 Å². The summed E-state index contributed by atoms with van der Waals surface area (Å²) < 4.78 is 91.9. The molecule has 14 heteroatoms. The van der Waals surface area contributed by atoms with Gasteiger partial charge in [-0.15, -0.1) is 36.5 Å². The second-order valence-electron chi connectivity index (χ2n) is 9.04. The van der Waals surface area contributed by atoms with Crippen molar-refractivity contribution >= 4 is 5.91 Å². The number of rotatable bonds is 8. The van der Waals surface area contributed by atoms with Crippen molar-refractivity contribution in [2.75, 3.05) is 6.61 Å². The minimum absolute atomic E-state index is 0.00786. The van der Waals surface area contributed by atoms with Crippen LogP contribution in [-0.2, 0) is 19.0 Å². The van der Waals surface area contributed by atoms with Gasteiger partial charge in [-0.1, -0.05) is 0 Å². The Kier molecular flexibility index (Phi) is 7.38. The highest BCUT2D eigenvalue weighted by atomic mass is 19.4. The second kappa shape index (κ2) is 9.97. The third-order valence-electron chi connectivity index (χ3n) is 6.44. The molecule has 1 heterocycles. The van der Waals surface area contributed by atoms with Crippen LogP contribution < -0.4 is 5.32 Å². The average Bonchev–Trinajstić information content (AvgIpc) is 3.14. The molecule has 3 fully saturated rings. The number of amides is 1. The lowest BCUT2D eigenvalue weighted by atomic mass is 9.82. The van der Waals surface area contributed by atoms with Crippen molar-refractivity contribution in [1.29, 1.82) is 0 Å². The van der Waals surface area contributed by atoms with Crippen LogP contribution in [0.5, 0.6) is 0 Å². The number of hydrogen-bond donors (Lipinski definition) is 1. The molecule has 0 radical (unpaired) electrons. The van der Waals surface area contributed by atoms with E-state index in [0.29, 0.717) is 37.5 Å². The van der Waals surface area contributed by atoms with Gasteiger partial charge in [-0.3, -0.25) is 14.3 Å². The molecule has 8 nitrogen and oxygen atoms in total. The van der Waals surface area contributed by atoms with Crippen LogP contribution in [0.25, 0.3) is 0 Å². The van der Waals surface area contributed by atoms with Gasteiger partial charge in [0.2, 0.25) is 17.7 Å². The molecule has 0 bridgehead atoms. The minimum atomic E-state index is -4.67. The first kappa shape index (κ1) is 25.2. The SMILES string of the molecule is O=C(CO[C@H]1C[C@@H](OC(F)(F)F)C1)NC1CCC(c2nnc(C3CC(OC(F)(F)F)C3)o2)CC1. The van der Waals surface area contributed by atoms with E-state index in [1.54, 1.807) is 0 Å². The lowest BCUT2D eigenvalue weighted by Crippen LogP contribution is -2.44. The summed E-state index contributed by atoms with van der Waals surface area (Å²) in [7, 11) is 0. The molecular weight excluding hydrogens is 476 g/mol. The van der Waals surface area contributed by atoms with Crippen LogP contribution in [0, 0.1) is 0 Å². The summed E-state index contributed by atoms with van der Waals surface area (Å²) >= 11 is 0. The molecule has 4 rings (SSSR count). The van der Waals surface area contributed by atoms with E-state index < -0.39 is 31.0 Å². The third kappa shape index (κ3) is 7.04. The molecule has 1 amide bonds. The second-order valence-corrected chi connectivity index (χ2v) is 9.04. The number of carbonyl (C=O) groups is 1. The Bertz CT molecular complexity index is 827. The highest BCUT2D eigenvalue weighted by Gasteiger charge is 2.43. The van der Waals surface area contributed by atoms with E-state index in [0.717, 1.165) is 0 Å². The predicted octanol–water partition coefficient (Wildman–Crippen LogP) is 4.08. The number of ether oxygens (including phenoxy) is 3. The zero-order valence-electron chi connectivity index (χ0n) is 18.0. The lowest BCUT2D eigenvalue weighted by Gasteiger charge is -2.35. The Morgan fingerprint density at radius 1 is 0.824 bits per heavy atom. The summed E-state index contributed by atoms with van der Waals surface area (Å²) in [6, 6.07) is -0.0654. The van der Waals surface area contributed by atoms with E-state index in [9.17, 15) is 31.1 Å². The molecule has 0 atom stereocenters. The van der Waals surface area contributed by atoms with Crippen LogP contribution in [0.3, 0.4) is 0 Å². The van der Waals surface area contributed by atoms with E-state index in [1.807, 2.05) is 0 Å². The zero-order valence-corrected chi connectivity index (χ0v) is 18.0. The van der Waals surface area contributed by atoms with Crippen LogP contribution in [0.4, 0.5) is 26.3 Å². The van der Waals surface area contributed by atoms with E-state index >= 15 is 0 Å². The minimum Gasteiger partial charge on any atom is -0.425 e. The number of hydrogen-bond acceptors (Lipinski definition) is 7. The first-order chi connectivity index (χ1) is 15.9. The van der Waals surface area contributed by atoms with Crippen molar-refractivity contribution in [2.24, 2.45) is 0 Å². The number of halogens is 6. The molecule has 192 valence electrons. The Labute approximate surface area is 190 Å². The van der Waals surface area contributed by atoms with Crippen molar-refractivity contribution in [3.63, 3.8) is 0 Å². The summed E-state index contributed by atoms with van der Waals surface area (Å²) in [5.74, 6) is 0.209. The fourth-order valence-corrected chi connectivity index (χ4v) is 4.52. The molecule has 34 heavy (non-hydrogen) atoms. The Morgan fingerprint density at radius 2 is 1.35 bits per heavy atom. The maximum absolute atomic E-state index is 12.2. The largest absolute Gasteiger partial charge is 0.522 e. The van der Waals surface area contributed by atoms with Crippen molar-refractivity contribution in [3.05, 3.63) is 11.8 Å². The molecule has 1 aromatic heterocycles. The molecule has 3 aliphatic rings. The highest BCUT2D eigenvalue weighted by Crippen LogP contribution is 2.42. The monoisotopic (exact) mass is 501 g/mol. The standard InChI is InChI=1S/C20H25F6N3O5/c21-19(22,23)33-14-5-11(6-14)18-29-28-17(32-18)10-1-3-12(4-2-10)27-16(30)9-31-13-7-15(8-13)34-20(24,25)26/h10-15H,1-9H2,(H,27,30)/t10?,11?,12?,13-,14?,15+. The number of nitrogens with one attached hydrogen (secondary N) is 1. The normalized spacial score (nSPS) is 32.1. The molecule has 0 aliphatic heterocycles. The summed E-state index contributed by atoms with van der Waals surface area (Å²) in [5, 5.41) is 10.9. The van der Waals surface area contributed by atoms with E-state index in [-0.39, 0.29) is 56.1 Å². The molecule has 0 saturated heterocycles. The van der Waals surface area contributed by atoms with Gasteiger partial charge in [0.15, 0.2) is 0 Å². The van der Waals surface area contributed by atoms with Crippen molar-refractivity contribution < 1.29 is 49.8 Å². The molecule has 0 spiro atoms. The maximum atomic E-state index is 12.2. The van der Waals surface area contributed by atoms with Crippen LogP contribution in [0.1, 0.15) is 75.0 Å². The number of alkyl halides is 6. The summed E-state index contributed by atoms with van der Waals surface area (Å²) in [6.07, 6.45) is -8.27. The lowest BCUT2D eigenvalue weighted by molar-refractivity contribution is -0.357. The summed E-state index contributed by atoms with van der Waals surface area (Å²) in [6.45, 7) is -0.225.